The topological polar surface area (TPSA) is 41.6 Å². The minimum absolute atomic E-state index is 0.0492. The molecule has 0 aromatic heterocycles. The van der Waals surface area contributed by atoms with E-state index in [9.17, 15) is 4.79 Å². The van der Waals surface area contributed by atoms with Gasteiger partial charge in [0.15, 0.2) is 5.11 Å². The molecule has 0 aliphatic carbocycles. The summed E-state index contributed by atoms with van der Waals surface area (Å²) >= 11 is 5.22. The van der Waals surface area contributed by atoms with E-state index in [1.807, 2.05) is 47.4 Å². The highest BCUT2D eigenvalue weighted by Gasteiger charge is 2.23. The van der Waals surface area contributed by atoms with Gasteiger partial charge in [0.05, 0.1) is 6.54 Å². The Labute approximate surface area is 169 Å². The number of rotatable bonds is 5. The number of aryl methyl sites for hydroxylation is 1. The monoisotopic (exact) mass is 388 g/mol. The predicted molar refractivity (Wildman–Crippen MR) is 114 cm³/mol. The molecule has 0 radical (unpaired) electrons. The van der Waals surface area contributed by atoms with Crippen LogP contribution >= 0.6 is 12.2 Å². The number of carbonyl (C=O) groups excluding carboxylic acids is 1. The van der Waals surface area contributed by atoms with Crippen molar-refractivity contribution < 1.29 is 9.53 Å². The van der Waals surface area contributed by atoms with Gasteiger partial charge in [0, 0.05) is 6.54 Å². The summed E-state index contributed by atoms with van der Waals surface area (Å²) in [5.74, 6) is 1.57. The average Bonchev–Trinajstić information content (AvgIpc) is 2.99. The second-order valence-electron chi connectivity index (χ2n) is 6.86. The lowest BCUT2D eigenvalue weighted by Crippen LogP contribution is -2.27. The maximum Gasteiger partial charge on any atom is 0.245 e. The first-order valence-electron chi connectivity index (χ1n) is 9.09. The van der Waals surface area contributed by atoms with Crippen LogP contribution in [0.1, 0.15) is 11.1 Å². The molecule has 0 unspecified atom stereocenters. The van der Waals surface area contributed by atoms with E-state index >= 15 is 0 Å². The Morgan fingerprint density at radius 2 is 1.68 bits per heavy atom. The third kappa shape index (κ3) is 4.21. The highest BCUT2D eigenvalue weighted by molar-refractivity contribution is 7.80. The second kappa shape index (κ2) is 7.82. The first kappa shape index (κ1) is 18.2. The average molecular weight is 388 g/mol. The van der Waals surface area contributed by atoms with Crippen molar-refractivity contribution in [2.45, 2.75) is 13.5 Å². The smallest absolute Gasteiger partial charge is 0.245 e. The van der Waals surface area contributed by atoms with Crippen molar-refractivity contribution >= 4 is 23.2 Å². The molecule has 1 heterocycles. The standard InChI is InChI=1S/C23H20N2O2S/c1-16-11-17(14-25-15-22(26)24-23(25)28)13-19(12-16)18-7-9-21(10-8-18)27-20-5-3-2-4-6-20/h2-13H,14-15H2,1H3,(H,24,26,28). The number of nitrogens with zero attached hydrogens (tertiary/aromatic N) is 1. The van der Waals surface area contributed by atoms with Gasteiger partial charge in [0.25, 0.3) is 0 Å². The number of carbonyl (C=O) groups is 1. The molecule has 3 aromatic carbocycles. The molecule has 1 aliphatic heterocycles. The van der Waals surface area contributed by atoms with E-state index in [4.69, 9.17) is 17.0 Å². The van der Waals surface area contributed by atoms with Crippen molar-refractivity contribution in [3.8, 4) is 22.6 Å². The maximum atomic E-state index is 11.5. The van der Waals surface area contributed by atoms with Crippen LogP contribution in [0.2, 0.25) is 0 Å². The molecular formula is C23H20N2O2S. The minimum atomic E-state index is -0.0492. The van der Waals surface area contributed by atoms with Crippen LogP contribution in [-0.4, -0.2) is 22.5 Å². The summed E-state index contributed by atoms with van der Waals surface area (Å²) in [5, 5.41) is 3.17. The first-order valence-corrected chi connectivity index (χ1v) is 9.50. The Morgan fingerprint density at radius 1 is 0.964 bits per heavy atom. The molecule has 1 fully saturated rings. The lowest BCUT2D eigenvalue weighted by atomic mass is 10.00. The van der Waals surface area contributed by atoms with E-state index < -0.39 is 0 Å². The molecule has 3 aromatic rings. The highest BCUT2D eigenvalue weighted by atomic mass is 32.1. The zero-order chi connectivity index (χ0) is 19.5. The summed E-state index contributed by atoms with van der Waals surface area (Å²) in [6, 6.07) is 24.2. The van der Waals surface area contributed by atoms with Gasteiger partial charge in [-0.25, -0.2) is 0 Å². The number of benzene rings is 3. The van der Waals surface area contributed by atoms with Gasteiger partial charge in [-0.3, -0.25) is 4.79 Å². The summed E-state index contributed by atoms with van der Waals surface area (Å²) in [5.41, 5.74) is 4.54. The molecule has 0 bridgehead atoms. The van der Waals surface area contributed by atoms with E-state index in [0.29, 0.717) is 18.2 Å². The van der Waals surface area contributed by atoms with Crippen molar-refractivity contribution in [2.24, 2.45) is 0 Å². The van der Waals surface area contributed by atoms with Crippen molar-refractivity contribution in [3.63, 3.8) is 0 Å². The van der Waals surface area contributed by atoms with Crippen LogP contribution in [0, 0.1) is 6.92 Å². The molecule has 28 heavy (non-hydrogen) atoms. The normalized spacial score (nSPS) is 13.5. The Bertz CT molecular complexity index is 1020. The Morgan fingerprint density at radius 3 is 2.36 bits per heavy atom. The summed E-state index contributed by atoms with van der Waals surface area (Å²) in [6.07, 6.45) is 0. The third-order valence-corrected chi connectivity index (χ3v) is 4.91. The molecular weight excluding hydrogens is 368 g/mol. The number of para-hydroxylation sites is 1. The molecule has 5 heteroatoms. The Hall–Kier alpha value is -3.18. The molecule has 0 atom stereocenters. The number of thiocarbonyl (C=S) groups is 1. The molecule has 4 nitrogen and oxygen atoms in total. The van der Waals surface area contributed by atoms with E-state index in [1.54, 1.807) is 0 Å². The van der Waals surface area contributed by atoms with Crippen molar-refractivity contribution in [1.29, 1.82) is 0 Å². The van der Waals surface area contributed by atoms with E-state index in [0.717, 1.165) is 28.2 Å². The summed E-state index contributed by atoms with van der Waals surface area (Å²) in [4.78, 5) is 13.4. The SMILES string of the molecule is Cc1cc(CN2CC(=O)NC2=S)cc(-c2ccc(Oc3ccccc3)cc2)c1. The maximum absolute atomic E-state index is 11.5. The summed E-state index contributed by atoms with van der Waals surface area (Å²) < 4.78 is 5.87. The van der Waals surface area contributed by atoms with Gasteiger partial charge in [-0.05, 0) is 66.2 Å². The van der Waals surface area contributed by atoms with Gasteiger partial charge < -0.3 is 15.0 Å². The van der Waals surface area contributed by atoms with Crippen molar-refractivity contribution in [3.05, 3.63) is 83.9 Å². The van der Waals surface area contributed by atoms with Crippen LogP contribution in [0.3, 0.4) is 0 Å². The Balaban J connectivity index is 1.53. The van der Waals surface area contributed by atoms with Crippen LogP contribution in [0.25, 0.3) is 11.1 Å². The second-order valence-corrected chi connectivity index (χ2v) is 7.24. The largest absolute Gasteiger partial charge is 0.457 e. The number of amides is 1. The quantitative estimate of drug-likeness (QED) is 0.645. The van der Waals surface area contributed by atoms with Gasteiger partial charge >= 0.3 is 0 Å². The highest BCUT2D eigenvalue weighted by Crippen LogP contribution is 2.27. The van der Waals surface area contributed by atoms with Crippen LogP contribution in [-0.2, 0) is 11.3 Å². The molecule has 1 amide bonds. The molecule has 0 spiro atoms. The van der Waals surface area contributed by atoms with Gasteiger partial charge in [-0.2, -0.15) is 0 Å². The number of ether oxygens (including phenoxy) is 1. The lowest BCUT2D eigenvalue weighted by Gasteiger charge is -2.17. The molecule has 140 valence electrons. The van der Waals surface area contributed by atoms with Gasteiger partial charge in [-0.1, -0.05) is 48.0 Å². The third-order valence-electron chi connectivity index (χ3n) is 4.55. The number of nitrogens with one attached hydrogen (secondary N) is 1. The van der Waals surface area contributed by atoms with E-state index in [1.165, 1.54) is 5.56 Å². The number of hydrogen-bond donors (Lipinski definition) is 1. The zero-order valence-electron chi connectivity index (χ0n) is 15.5. The fourth-order valence-electron chi connectivity index (χ4n) is 3.29. The zero-order valence-corrected chi connectivity index (χ0v) is 16.3. The van der Waals surface area contributed by atoms with Crippen LogP contribution in [0.5, 0.6) is 11.5 Å². The molecule has 1 saturated heterocycles. The van der Waals surface area contributed by atoms with E-state index in [2.05, 4.69) is 42.6 Å². The van der Waals surface area contributed by atoms with Gasteiger partial charge in [-0.15, -0.1) is 0 Å². The van der Waals surface area contributed by atoms with Gasteiger partial charge in [0.2, 0.25) is 5.91 Å². The summed E-state index contributed by atoms with van der Waals surface area (Å²) in [6.45, 7) is 3.00. The van der Waals surface area contributed by atoms with Crippen LogP contribution in [0.4, 0.5) is 0 Å². The van der Waals surface area contributed by atoms with E-state index in [-0.39, 0.29) is 5.91 Å². The minimum Gasteiger partial charge on any atom is -0.457 e. The van der Waals surface area contributed by atoms with Gasteiger partial charge in [0.1, 0.15) is 11.5 Å². The number of hydrogen-bond acceptors (Lipinski definition) is 3. The molecule has 1 N–H and O–H groups in total. The van der Waals surface area contributed by atoms with Crippen molar-refractivity contribution in [1.82, 2.24) is 10.2 Å². The predicted octanol–water partition coefficient (Wildman–Crippen LogP) is 4.67. The fourth-order valence-corrected chi connectivity index (χ4v) is 3.53. The first-order chi connectivity index (χ1) is 13.6. The van der Waals surface area contributed by atoms with Crippen LogP contribution < -0.4 is 10.1 Å². The fraction of sp³-hybridized carbons (Fsp3) is 0.130. The molecule has 1 aliphatic rings. The van der Waals surface area contributed by atoms with Crippen molar-refractivity contribution in [2.75, 3.05) is 6.54 Å². The summed E-state index contributed by atoms with van der Waals surface area (Å²) in [7, 11) is 0. The Kier molecular flexibility index (Phi) is 5.08. The molecule has 4 rings (SSSR count). The van der Waals surface area contributed by atoms with Crippen LogP contribution in [0.15, 0.2) is 72.8 Å². The lowest BCUT2D eigenvalue weighted by molar-refractivity contribution is -0.118. The molecule has 0 saturated carbocycles.